The molecule has 9 aromatic rings. The van der Waals surface area contributed by atoms with Gasteiger partial charge < -0.3 is 8.98 Å². The van der Waals surface area contributed by atoms with Crippen molar-refractivity contribution in [2.24, 2.45) is 0 Å². The number of hydrogen-bond acceptors (Lipinski definition) is 1. The van der Waals surface area contributed by atoms with Crippen LogP contribution in [0.2, 0.25) is 0 Å². The third-order valence-electron chi connectivity index (χ3n) is 12.0. The maximum Gasteiger partial charge on any atom is 0.143 e. The van der Waals surface area contributed by atoms with Gasteiger partial charge in [0.2, 0.25) is 0 Å². The summed E-state index contributed by atoms with van der Waals surface area (Å²) in [6.45, 7) is 9.49. The van der Waals surface area contributed by atoms with Crippen molar-refractivity contribution in [2.45, 2.75) is 38.5 Å². The number of fused-ring (bicyclic) bond motifs is 12. The van der Waals surface area contributed by atoms with Crippen LogP contribution in [0.4, 0.5) is 0 Å². The van der Waals surface area contributed by atoms with Crippen LogP contribution < -0.4 is 0 Å². The fourth-order valence-electron chi connectivity index (χ4n) is 9.45. The first-order chi connectivity index (χ1) is 24.3. The molecule has 0 spiro atoms. The third kappa shape index (κ3) is 3.48. The van der Waals surface area contributed by atoms with Gasteiger partial charge in [0.15, 0.2) is 0 Å². The van der Waals surface area contributed by atoms with Crippen LogP contribution in [0.15, 0.2) is 144 Å². The van der Waals surface area contributed by atoms with E-state index < -0.39 is 0 Å². The highest BCUT2D eigenvalue weighted by atomic mass is 16.3. The van der Waals surface area contributed by atoms with Gasteiger partial charge >= 0.3 is 0 Å². The predicted octanol–water partition coefficient (Wildman–Crippen LogP) is 13.0. The highest BCUT2D eigenvalue weighted by Gasteiger charge is 2.38. The van der Waals surface area contributed by atoms with E-state index in [1.807, 2.05) is 6.07 Å². The quantitative estimate of drug-likeness (QED) is 0.184. The second-order valence-electron chi connectivity index (χ2n) is 15.3. The molecule has 2 aliphatic rings. The molecular formula is C48H35NO. The predicted molar refractivity (Wildman–Crippen MR) is 209 cm³/mol. The van der Waals surface area contributed by atoms with E-state index in [2.05, 4.69) is 166 Å². The highest BCUT2D eigenvalue weighted by Crippen LogP contribution is 2.53. The van der Waals surface area contributed by atoms with E-state index in [1.165, 1.54) is 77.6 Å². The van der Waals surface area contributed by atoms with Gasteiger partial charge in [0.05, 0.1) is 11.0 Å². The minimum absolute atomic E-state index is 0.0402. The summed E-state index contributed by atoms with van der Waals surface area (Å²) in [6, 6.07) is 51.7. The van der Waals surface area contributed by atoms with Crippen LogP contribution in [0, 0.1) is 0 Å². The van der Waals surface area contributed by atoms with Crippen molar-refractivity contribution >= 4 is 43.7 Å². The fourth-order valence-corrected chi connectivity index (χ4v) is 9.45. The van der Waals surface area contributed by atoms with Crippen molar-refractivity contribution in [3.63, 3.8) is 0 Å². The molecule has 2 aromatic heterocycles. The molecule has 0 amide bonds. The lowest BCUT2D eigenvalue weighted by Crippen LogP contribution is -2.15. The van der Waals surface area contributed by atoms with E-state index in [1.54, 1.807) is 0 Å². The Morgan fingerprint density at radius 3 is 1.94 bits per heavy atom. The van der Waals surface area contributed by atoms with Gasteiger partial charge in [0.1, 0.15) is 11.2 Å². The van der Waals surface area contributed by atoms with Crippen LogP contribution in [0.5, 0.6) is 0 Å². The lowest BCUT2D eigenvalue weighted by Gasteiger charge is -2.23. The molecular weight excluding hydrogens is 607 g/mol. The monoisotopic (exact) mass is 641 g/mol. The minimum Gasteiger partial charge on any atom is -0.455 e. The second kappa shape index (κ2) is 9.43. The summed E-state index contributed by atoms with van der Waals surface area (Å²) >= 11 is 0. The maximum absolute atomic E-state index is 6.45. The van der Waals surface area contributed by atoms with E-state index in [-0.39, 0.29) is 10.8 Å². The first kappa shape index (κ1) is 28.0. The summed E-state index contributed by atoms with van der Waals surface area (Å²) < 4.78 is 8.95. The Hall–Kier alpha value is -5.86. The molecule has 7 aromatic carbocycles. The topological polar surface area (TPSA) is 18.1 Å². The van der Waals surface area contributed by atoms with Crippen LogP contribution in [0.25, 0.3) is 82.8 Å². The van der Waals surface area contributed by atoms with Crippen LogP contribution in [0.1, 0.15) is 49.9 Å². The molecule has 50 heavy (non-hydrogen) atoms. The zero-order chi connectivity index (χ0) is 33.5. The summed E-state index contributed by atoms with van der Waals surface area (Å²) in [7, 11) is 0. The molecule has 0 bridgehead atoms. The van der Waals surface area contributed by atoms with E-state index in [0.717, 1.165) is 27.5 Å². The van der Waals surface area contributed by atoms with Gasteiger partial charge in [-0.15, -0.1) is 0 Å². The molecule has 0 saturated carbocycles. The standard InChI is InChI=1S/C48H35NO/c1-47(2)39-17-8-5-12-31(39)37-27-44-38(26-42(37)47)34-13-6-9-18-43(34)49(44)29-21-23-33-32-22-20-28(24-40(32)48(3,4)41(33)25-29)30-15-11-16-36-35-14-7-10-19-45(35)50-46(30)36/h5-27H,1-4H3. The Kier molecular flexibility index (Phi) is 5.28. The number of hydrogen-bond donors (Lipinski definition) is 0. The first-order valence-electron chi connectivity index (χ1n) is 17.7. The molecule has 2 aliphatic carbocycles. The van der Waals surface area contributed by atoms with Gasteiger partial charge in [-0.05, 0) is 92.5 Å². The van der Waals surface area contributed by atoms with Crippen LogP contribution in [0.3, 0.4) is 0 Å². The Morgan fingerprint density at radius 2 is 1.06 bits per heavy atom. The summed E-state index contributed by atoms with van der Waals surface area (Å²) in [5.41, 5.74) is 18.6. The number of nitrogens with zero attached hydrogens (tertiary/aromatic N) is 1. The molecule has 11 rings (SSSR count). The second-order valence-corrected chi connectivity index (χ2v) is 15.3. The van der Waals surface area contributed by atoms with Crippen molar-refractivity contribution in [2.75, 3.05) is 0 Å². The molecule has 2 heterocycles. The van der Waals surface area contributed by atoms with Crippen molar-refractivity contribution in [1.29, 1.82) is 0 Å². The van der Waals surface area contributed by atoms with Gasteiger partial charge in [0, 0.05) is 43.6 Å². The smallest absolute Gasteiger partial charge is 0.143 e. The number of benzene rings is 7. The van der Waals surface area contributed by atoms with E-state index in [4.69, 9.17) is 4.42 Å². The lowest BCUT2D eigenvalue weighted by molar-refractivity contribution is 0.659. The Labute approximate surface area is 291 Å². The maximum atomic E-state index is 6.45. The van der Waals surface area contributed by atoms with Crippen molar-refractivity contribution in [3.05, 3.63) is 162 Å². The molecule has 0 radical (unpaired) electrons. The normalized spacial score (nSPS) is 15.1. The molecule has 2 heteroatoms. The highest BCUT2D eigenvalue weighted by molar-refractivity contribution is 6.12. The van der Waals surface area contributed by atoms with Crippen LogP contribution >= 0.6 is 0 Å². The first-order valence-corrected chi connectivity index (χ1v) is 17.7. The summed E-state index contributed by atoms with van der Waals surface area (Å²) in [6.07, 6.45) is 0. The van der Waals surface area contributed by atoms with Crippen LogP contribution in [-0.2, 0) is 10.8 Å². The summed E-state index contributed by atoms with van der Waals surface area (Å²) in [5.74, 6) is 0. The van der Waals surface area contributed by atoms with Crippen LogP contribution in [-0.4, -0.2) is 4.57 Å². The Balaban J connectivity index is 1.09. The molecule has 0 N–H and O–H groups in total. The zero-order valence-electron chi connectivity index (χ0n) is 28.6. The average molecular weight is 642 g/mol. The zero-order valence-corrected chi connectivity index (χ0v) is 28.6. The summed E-state index contributed by atoms with van der Waals surface area (Å²) in [4.78, 5) is 0. The van der Waals surface area contributed by atoms with Gasteiger partial charge in [-0.25, -0.2) is 0 Å². The largest absolute Gasteiger partial charge is 0.455 e. The minimum atomic E-state index is -0.179. The fraction of sp³-hybridized carbons (Fsp3) is 0.125. The molecule has 0 unspecified atom stereocenters. The van der Waals surface area contributed by atoms with Gasteiger partial charge in [-0.2, -0.15) is 0 Å². The number of furan rings is 1. The Morgan fingerprint density at radius 1 is 0.420 bits per heavy atom. The molecule has 0 saturated heterocycles. The number of rotatable bonds is 2. The Bertz CT molecular complexity index is 2930. The molecule has 238 valence electrons. The molecule has 0 aliphatic heterocycles. The van der Waals surface area contributed by atoms with Crippen molar-refractivity contribution in [3.8, 4) is 39.1 Å². The van der Waals surface area contributed by atoms with Gasteiger partial charge in [-0.1, -0.05) is 125 Å². The summed E-state index contributed by atoms with van der Waals surface area (Å²) in [5, 5.41) is 4.93. The average Bonchev–Trinajstić information content (AvgIpc) is 3.81. The van der Waals surface area contributed by atoms with Gasteiger partial charge in [0.25, 0.3) is 0 Å². The lowest BCUT2D eigenvalue weighted by atomic mass is 9.81. The number of para-hydroxylation sites is 3. The third-order valence-corrected chi connectivity index (χ3v) is 12.0. The molecule has 0 atom stereocenters. The molecule has 0 fully saturated rings. The van der Waals surface area contributed by atoms with Gasteiger partial charge in [-0.3, -0.25) is 0 Å². The van der Waals surface area contributed by atoms with E-state index >= 15 is 0 Å². The van der Waals surface area contributed by atoms with E-state index in [0.29, 0.717) is 0 Å². The molecule has 2 nitrogen and oxygen atoms in total. The van der Waals surface area contributed by atoms with Crippen molar-refractivity contribution in [1.82, 2.24) is 4.57 Å². The SMILES string of the molecule is CC1(C)c2cc(-c3cccc4c3oc3ccccc34)ccc2-c2ccc(-n3c4ccccc4c4cc5c(cc43)-c3ccccc3C5(C)C)cc21. The van der Waals surface area contributed by atoms with E-state index in [9.17, 15) is 0 Å². The van der Waals surface area contributed by atoms with Crippen molar-refractivity contribution < 1.29 is 4.42 Å². The number of aromatic nitrogens is 1.